The summed E-state index contributed by atoms with van der Waals surface area (Å²) < 4.78 is 4.81. The number of amides is 1. The predicted molar refractivity (Wildman–Crippen MR) is 106 cm³/mol. The van der Waals surface area contributed by atoms with Gasteiger partial charge in [-0.15, -0.1) is 0 Å². The number of hydrogen-bond acceptors (Lipinski definition) is 8. The third-order valence-electron chi connectivity index (χ3n) is 4.59. The summed E-state index contributed by atoms with van der Waals surface area (Å²) in [4.78, 5) is 34.2. The minimum absolute atomic E-state index is 0.111. The molecule has 1 aliphatic heterocycles. The number of rotatable bonds is 5. The molecular formula is C18H21ClN6O3. The molecule has 10 heteroatoms. The minimum Gasteiger partial charge on any atom is -0.469 e. The number of nitrogens with zero attached hydrogens (tertiary/aromatic N) is 3. The number of piperidine rings is 1. The highest BCUT2D eigenvalue weighted by atomic mass is 35.5. The molecule has 4 N–H and O–H groups in total. The molecule has 2 aromatic rings. The molecule has 0 saturated carbocycles. The average molecular weight is 405 g/mol. The van der Waals surface area contributed by atoms with Gasteiger partial charge in [0.2, 0.25) is 0 Å². The Morgan fingerprint density at radius 1 is 1.21 bits per heavy atom. The maximum atomic E-state index is 12.2. The number of esters is 1. The van der Waals surface area contributed by atoms with Crippen molar-refractivity contribution in [3.63, 3.8) is 0 Å². The average Bonchev–Trinajstić information content (AvgIpc) is 2.73. The number of nitrogens with two attached hydrogens (primary N) is 1. The van der Waals surface area contributed by atoms with E-state index in [9.17, 15) is 9.59 Å². The molecule has 3 rings (SSSR count). The SMILES string of the molecule is COC(=O)C1CCN(c2ncnc(NNC(=O)c3ccc(Cl)cc3)c2N)CC1. The normalized spacial score (nSPS) is 14.4. The van der Waals surface area contributed by atoms with Crippen LogP contribution in [0, 0.1) is 5.92 Å². The second-order valence-electron chi connectivity index (χ2n) is 6.33. The van der Waals surface area contributed by atoms with Gasteiger partial charge in [-0.25, -0.2) is 9.97 Å². The van der Waals surface area contributed by atoms with Crippen molar-refractivity contribution in [3.05, 3.63) is 41.2 Å². The molecule has 0 unspecified atom stereocenters. The third kappa shape index (κ3) is 4.42. The van der Waals surface area contributed by atoms with Crippen LogP contribution < -0.4 is 21.5 Å². The number of benzene rings is 1. The molecular weight excluding hydrogens is 384 g/mol. The number of halogens is 1. The van der Waals surface area contributed by atoms with E-state index < -0.39 is 0 Å². The Balaban J connectivity index is 1.64. The molecule has 28 heavy (non-hydrogen) atoms. The summed E-state index contributed by atoms with van der Waals surface area (Å²) in [6.07, 6.45) is 2.69. The van der Waals surface area contributed by atoms with E-state index in [4.69, 9.17) is 22.1 Å². The summed E-state index contributed by atoms with van der Waals surface area (Å²) in [5.74, 6) is 0.197. The standard InChI is InChI=1S/C18H21ClN6O3/c1-28-18(27)12-6-8-25(9-7-12)16-14(20)15(21-10-22-16)23-24-17(26)11-2-4-13(19)5-3-11/h2-5,10,12H,6-9,20H2,1H3,(H,24,26)(H,21,22,23). The van der Waals surface area contributed by atoms with Gasteiger partial charge in [-0.05, 0) is 37.1 Å². The van der Waals surface area contributed by atoms with Crippen LogP contribution in [0.2, 0.25) is 5.02 Å². The van der Waals surface area contributed by atoms with Crippen molar-refractivity contribution in [1.82, 2.24) is 15.4 Å². The molecule has 0 spiro atoms. The Morgan fingerprint density at radius 3 is 2.54 bits per heavy atom. The largest absolute Gasteiger partial charge is 0.469 e. The number of nitrogen functional groups attached to an aromatic ring is 1. The van der Waals surface area contributed by atoms with Gasteiger partial charge in [-0.2, -0.15) is 0 Å². The van der Waals surface area contributed by atoms with E-state index in [1.807, 2.05) is 4.90 Å². The Labute approximate surface area is 167 Å². The number of anilines is 3. The quantitative estimate of drug-likeness (QED) is 0.509. The number of hydrazine groups is 1. The predicted octanol–water partition coefficient (Wildman–Crippen LogP) is 1.86. The number of hydrogen-bond donors (Lipinski definition) is 3. The number of aromatic nitrogens is 2. The fourth-order valence-electron chi connectivity index (χ4n) is 3.02. The summed E-state index contributed by atoms with van der Waals surface area (Å²) in [5, 5.41) is 0.546. The van der Waals surface area contributed by atoms with Gasteiger partial charge in [0.25, 0.3) is 5.91 Å². The molecule has 0 bridgehead atoms. The van der Waals surface area contributed by atoms with Crippen molar-refractivity contribution >= 4 is 40.8 Å². The summed E-state index contributed by atoms with van der Waals surface area (Å²) in [6.45, 7) is 1.25. The first kappa shape index (κ1) is 19.7. The lowest BCUT2D eigenvalue weighted by Crippen LogP contribution is -2.38. The van der Waals surface area contributed by atoms with Gasteiger partial charge in [0.05, 0.1) is 13.0 Å². The first-order valence-corrected chi connectivity index (χ1v) is 9.12. The van der Waals surface area contributed by atoms with E-state index in [1.54, 1.807) is 24.3 Å². The number of nitrogens with one attached hydrogen (secondary N) is 2. The molecule has 9 nitrogen and oxygen atoms in total. The first-order chi connectivity index (χ1) is 13.5. The van der Waals surface area contributed by atoms with Crippen LogP contribution in [0.1, 0.15) is 23.2 Å². The molecule has 1 saturated heterocycles. The molecule has 2 heterocycles. The second-order valence-corrected chi connectivity index (χ2v) is 6.77. The van der Waals surface area contributed by atoms with Crippen molar-refractivity contribution in [1.29, 1.82) is 0 Å². The van der Waals surface area contributed by atoms with Gasteiger partial charge in [0.15, 0.2) is 11.6 Å². The molecule has 1 aromatic heterocycles. The lowest BCUT2D eigenvalue weighted by molar-refractivity contribution is -0.146. The van der Waals surface area contributed by atoms with Crippen LogP contribution in [0.5, 0.6) is 0 Å². The molecule has 0 radical (unpaired) electrons. The van der Waals surface area contributed by atoms with Crippen LogP contribution in [0.25, 0.3) is 0 Å². The Hall–Kier alpha value is -3.07. The van der Waals surface area contributed by atoms with Gasteiger partial charge in [-0.3, -0.25) is 20.4 Å². The minimum atomic E-state index is -0.352. The van der Waals surface area contributed by atoms with Crippen molar-refractivity contribution in [2.24, 2.45) is 5.92 Å². The van der Waals surface area contributed by atoms with E-state index in [-0.39, 0.29) is 17.8 Å². The molecule has 0 aliphatic carbocycles. The van der Waals surface area contributed by atoms with Gasteiger partial charge < -0.3 is 15.4 Å². The molecule has 1 fully saturated rings. The zero-order valence-electron chi connectivity index (χ0n) is 15.3. The maximum Gasteiger partial charge on any atom is 0.308 e. The number of carbonyl (C=O) groups is 2. The summed E-state index contributed by atoms with van der Waals surface area (Å²) in [7, 11) is 1.40. The van der Waals surface area contributed by atoms with Crippen molar-refractivity contribution < 1.29 is 14.3 Å². The number of carbonyl (C=O) groups excluding carboxylic acids is 2. The van der Waals surface area contributed by atoms with Gasteiger partial charge in [0, 0.05) is 23.7 Å². The highest BCUT2D eigenvalue weighted by molar-refractivity contribution is 6.30. The Morgan fingerprint density at radius 2 is 1.89 bits per heavy atom. The zero-order chi connectivity index (χ0) is 20.1. The van der Waals surface area contributed by atoms with Gasteiger partial charge >= 0.3 is 5.97 Å². The smallest absolute Gasteiger partial charge is 0.308 e. The molecule has 1 aliphatic rings. The van der Waals surface area contributed by atoms with Crippen molar-refractivity contribution in [3.8, 4) is 0 Å². The van der Waals surface area contributed by atoms with Gasteiger partial charge in [0.1, 0.15) is 12.0 Å². The molecule has 0 atom stereocenters. The van der Waals surface area contributed by atoms with Crippen LogP contribution in [-0.4, -0.2) is 42.0 Å². The van der Waals surface area contributed by atoms with Crippen LogP contribution >= 0.6 is 11.6 Å². The summed E-state index contributed by atoms with van der Waals surface area (Å²) in [5.41, 5.74) is 12.2. The fourth-order valence-corrected chi connectivity index (χ4v) is 3.15. The summed E-state index contributed by atoms with van der Waals surface area (Å²) >= 11 is 5.82. The van der Waals surface area contributed by atoms with E-state index in [1.165, 1.54) is 13.4 Å². The second kappa shape index (κ2) is 8.75. The maximum absolute atomic E-state index is 12.2. The first-order valence-electron chi connectivity index (χ1n) is 8.74. The highest BCUT2D eigenvalue weighted by Crippen LogP contribution is 2.29. The van der Waals surface area contributed by atoms with E-state index in [2.05, 4.69) is 20.8 Å². The van der Waals surface area contributed by atoms with E-state index in [0.29, 0.717) is 53.8 Å². The van der Waals surface area contributed by atoms with Crippen LogP contribution in [0.15, 0.2) is 30.6 Å². The Bertz CT molecular complexity index is 853. The van der Waals surface area contributed by atoms with Crippen molar-refractivity contribution in [2.75, 3.05) is 36.3 Å². The van der Waals surface area contributed by atoms with E-state index in [0.717, 1.165) is 0 Å². The zero-order valence-corrected chi connectivity index (χ0v) is 16.1. The van der Waals surface area contributed by atoms with Crippen LogP contribution in [-0.2, 0) is 9.53 Å². The molecule has 148 valence electrons. The topological polar surface area (TPSA) is 122 Å². The van der Waals surface area contributed by atoms with Crippen LogP contribution in [0.3, 0.4) is 0 Å². The summed E-state index contributed by atoms with van der Waals surface area (Å²) in [6, 6.07) is 6.48. The fraction of sp³-hybridized carbons (Fsp3) is 0.333. The monoisotopic (exact) mass is 404 g/mol. The van der Waals surface area contributed by atoms with Crippen molar-refractivity contribution in [2.45, 2.75) is 12.8 Å². The van der Waals surface area contributed by atoms with E-state index >= 15 is 0 Å². The van der Waals surface area contributed by atoms with Crippen LogP contribution in [0.4, 0.5) is 17.3 Å². The number of methoxy groups -OCH3 is 1. The highest BCUT2D eigenvalue weighted by Gasteiger charge is 2.27. The molecule has 1 aromatic carbocycles. The lowest BCUT2D eigenvalue weighted by Gasteiger charge is -2.32. The molecule has 1 amide bonds. The third-order valence-corrected chi connectivity index (χ3v) is 4.84. The Kier molecular flexibility index (Phi) is 6.15. The van der Waals surface area contributed by atoms with Gasteiger partial charge in [-0.1, -0.05) is 11.6 Å². The number of ether oxygens (including phenoxy) is 1. The lowest BCUT2D eigenvalue weighted by atomic mass is 9.97.